The van der Waals surface area contributed by atoms with Crippen LogP contribution in [-0.4, -0.2) is 41.1 Å². The molecule has 4 nitrogen and oxygen atoms in total. The van der Waals surface area contributed by atoms with E-state index in [2.05, 4.69) is 33.2 Å². The lowest BCUT2D eigenvalue weighted by Crippen LogP contribution is -2.28. The second kappa shape index (κ2) is 6.95. The van der Waals surface area contributed by atoms with Crippen molar-refractivity contribution in [3.05, 3.63) is 17.5 Å². The van der Waals surface area contributed by atoms with Crippen LogP contribution < -0.4 is 10.2 Å². The minimum absolute atomic E-state index is 0.829. The van der Waals surface area contributed by atoms with Crippen molar-refractivity contribution in [2.75, 3.05) is 36.0 Å². The summed E-state index contributed by atoms with van der Waals surface area (Å²) < 4.78 is 0. The summed E-state index contributed by atoms with van der Waals surface area (Å²) in [5, 5.41) is 3.32. The van der Waals surface area contributed by atoms with E-state index >= 15 is 0 Å². The molecule has 2 heterocycles. The summed E-state index contributed by atoms with van der Waals surface area (Å²) in [7, 11) is 0. The molecule has 0 spiro atoms. The van der Waals surface area contributed by atoms with Crippen LogP contribution in [0.4, 0.5) is 5.95 Å². The van der Waals surface area contributed by atoms with E-state index in [1.807, 2.05) is 18.7 Å². The largest absolute Gasteiger partial charge is 0.340 e. The van der Waals surface area contributed by atoms with Gasteiger partial charge in [-0.05, 0) is 31.7 Å². The van der Waals surface area contributed by atoms with Crippen molar-refractivity contribution in [3.8, 4) is 0 Å². The molecule has 1 aliphatic rings. The smallest absolute Gasteiger partial charge is 0.225 e. The van der Waals surface area contributed by atoms with Gasteiger partial charge in [-0.3, -0.25) is 0 Å². The van der Waals surface area contributed by atoms with Gasteiger partial charge in [-0.2, -0.15) is 11.8 Å². The van der Waals surface area contributed by atoms with Gasteiger partial charge in [0.2, 0.25) is 5.95 Å². The summed E-state index contributed by atoms with van der Waals surface area (Å²) in [4.78, 5) is 11.6. The molecule has 1 aromatic rings. The van der Waals surface area contributed by atoms with Crippen molar-refractivity contribution < 1.29 is 0 Å². The Morgan fingerprint density at radius 2 is 2.22 bits per heavy atom. The molecule has 0 aromatic carbocycles. The van der Waals surface area contributed by atoms with Crippen molar-refractivity contribution in [2.24, 2.45) is 0 Å². The van der Waals surface area contributed by atoms with Crippen LogP contribution in [0, 0.1) is 6.92 Å². The van der Waals surface area contributed by atoms with Crippen LogP contribution in [0.15, 0.2) is 6.07 Å². The molecule has 1 N–H and O–H groups in total. The Labute approximate surface area is 114 Å². The monoisotopic (exact) mass is 266 g/mol. The molecule has 0 atom stereocenters. The molecular weight excluding hydrogens is 244 g/mol. The number of aromatic nitrogens is 2. The van der Waals surface area contributed by atoms with E-state index in [1.54, 1.807) is 0 Å². The second-order valence-electron chi connectivity index (χ2n) is 4.53. The highest BCUT2D eigenvalue weighted by Crippen LogP contribution is 2.16. The fraction of sp³-hybridized carbons (Fsp3) is 0.692. The highest BCUT2D eigenvalue weighted by Gasteiger charge is 2.13. The van der Waals surface area contributed by atoms with E-state index in [1.165, 1.54) is 17.9 Å². The average molecular weight is 266 g/mol. The lowest BCUT2D eigenvalue weighted by atomic mass is 10.3. The summed E-state index contributed by atoms with van der Waals surface area (Å²) in [5.74, 6) is 3.34. The maximum absolute atomic E-state index is 4.68. The zero-order valence-corrected chi connectivity index (χ0v) is 12.1. The van der Waals surface area contributed by atoms with E-state index in [0.717, 1.165) is 43.5 Å². The number of hydrogen-bond donors (Lipinski definition) is 1. The van der Waals surface area contributed by atoms with Gasteiger partial charge >= 0.3 is 0 Å². The third-order valence-corrected chi connectivity index (χ3v) is 4.01. The second-order valence-corrected chi connectivity index (χ2v) is 5.76. The van der Waals surface area contributed by atoms with E-state index in [4.69, 9.17) is 0 Å². The van der Waals surface area contributed by atoms with Crippen LogP contribution in [0.3, 0.4) is 0 Å². The first-order valence-electron chi connectivity index (χ1n) is 6.67. The molecule has 1 aliphatic heterocycles. The fourth-order valence-corrected chi connectivity index (χ4v) is 2.93. The third kappa shape index (κ3) is 3.85. The first-order chi connectivity index (χ1) is 8.79. The normalized spacial score (nSPS) is 16.7. The zero-order valence-electron chi connectivity index (χ0n) is 11.3. The number of hydrogen-bond acceptors (Lipinski definition) is 5. The average Bonchev–Trinajstić information content (AvgIpc) is 2.64. The molecule has 0 bridgehead atoms. The van der Waals surface area contributed by atoms with Crippen molar-refractivity contribution >= 4 is 17.7 Å². The van der Waals surface area contributed by atoms with E-state index in [0.29, 0.717) is 0 Å². The molecule has 0 radical (unpaired) electrons. The van der Waals surface area contributed by atoms with Gasteiger partial charge in [0.05, 0.1) is 5.69 Å². The first-order valence-corrected chi connectivity index (χ1v) is 7.83. The van der Waals surface area contributed by atoms with Crippen LogP contribution in [-0.2, 0) is 6.54 Å². The lowest BCUT2D eigenvalue weighted by Gasteiger charge is -2.20. The molecule has 0 amide bonds. The van der Waals surface area contributed by atoms with Gasteiger partial charge in [0.1, 0.15) is 0 Å². The van der Waals surface area contributed by atoms with Crippen molar-refractivity contribution in [1.29, 1.82) is 0 Å². The molecule has 18 heavy (non-hydrogen) atoms. The maximum Gasteiger partial charge on any atom is 0.225 e. The maximum atomic E-state index is 4.68. The van der Waals surface area contributed by atoms with Crippen LogP contribution in [0.5, 0.6) is 0 Å². The van der Waals surface area contributed by atoms with Crippen LogP contribution in [0.2, 0.25) is 0 Å². The number of rotatable bonds is 4. The Bertz CT molecular complexity index is 375. The minimum Gasteiger partial charge on any atom is -0.340 e. The van der Waals surface area contributed by atoms with Crippen molar-refractivity contribution in [1.82, 2.24) is 15.3 Å². The SMILES string of the molecule is CCNCc1cc(C)nc(N2CCCSCC2)n1. The van der Waals surface area contributed by atoms with Gasteiger partial charge in [0.25, 0.3) is 0 Å². The van der Waals surface area contributed by atoms with Crippen LogP contribution in [0.1, 0.15) is 24.7 Å². The van der Waals surface area contributed by atoms with Crippen molar-refractivity contribution in [3.63, 3.8) is 0 Å². The zero-order chi connectivity index (χ0) is 12.8. The Balaban J connectivity index is 2.12. The summed E-state index contributed by atoms with van der Waals surface area (Å²) in [6.07, 6.45) is 1.23. The Kier molecular flexibility index (Phi) is 5.26. The Morgan fingerprint density at radius 3 is 3.06 bits per heavy atom. The van der Waals surface area contributed by atoms with Gasteiger partial charge in [0.15, 0.2) is 0 Å². The van der Waals surface area contributed by atoms with Gasteiger partial charge in [-0.25, -0.2) is 9.97 Å². The number of aryl methyl sites for hydroxylation is 1. The summed E-state index contributed by atoms with van der Waals surface area (Å²) in [5.41, 5.74) is 2.15. The molecule has 5 heteroatoms. The van der Waals surface area contributed by atoms with Crippen LogP contribution in [0.25, 0.3) is 0 Å². The van der Waals surface area contributed by atoms with E-state index < -0.39 is 0 Å². The molecule has 1 fully saturated rings. The first kappa shape index (κ1) is 13.6. The topological polar surface area (TPSA) is 41.1 Å². The molecule has 0 aliphatic carbocycles. The number of nitrogens with zero attached hydrogens (tertiary/aromatic N) is 3. The minimum atomic E-state index is 0.829. The standard InChI is InChI=1S/C13H22N4S/c1-3-14-10-12-9-11(2)15-13(16-12)17-5-4-7-18-8-6-17/h9,14H,3-8,10H2,1-2H3. The van der Waals surface area contributed by atoms with E-state index in [9.17, 15) is 0 Å². The highest BCUT2D eigenvalue weighted by molar-refractivity contribution is 7.99. The fourth-order valence-electron chi connectivity index (χ4n) is 2.05. The predicted molar refractivity (Wildman–Crippen MR) is 78.3 cm³/mol. The highest BCUT2D eigenvalue weighted by atomic mass is 32.2. The Hall–Kier alpha value is -0.810. The molecular formula is C13H22N4S. The quantitative estimate of drug-likeness (QED) is 0.900. The lowest BCUT2D eigenvalue weighted by molar-refractivity contribution is 0.698. The van der Waals surface area contributed by atoms with Gasteiger partial charge in [-0.15, -0.1) is 0 Å². The summed E-state index contributed by atoms with van der Waals surface area (Å²) >= 11 is 2.03. The van der Waals surface area contributed by atoms with Crippen molar-refractivity contribution in [2.45, 2.75) is 26.8 Å². The van der Waals surface area contributed by atoms with Crippen LogP contribution >= 0.6 is 11.8 Å². The summed E-state index contributed by atoms with van der Waals surface area (Å²) in [6.45, 7) is 8.11. The Morgan fingerprint density at radius 1 is 1.33 bits per heavy atom. The molecule has 1 aromatic heterocycles. The molecule has 2 rings (SSSR count). The number of anilines is 1. The molecule has 0 unspecified atom stereocenters. The number of thioether (sulfide) groups is 1. The predicted octanol–water partition coefficient (Wildman–Crippen LogP) is 1.84. The van der Waals surface area contributed by atoms with Gasteiger partial charge in [-0.1, -0.05) is 6.92 Å². The van der Waals surface area contributed by atoms with Gasteiger partial charge < -0.3 is 10.2 Å². The summed E-state index contributed by atoms with van der Waals surface area (Å²) in [6, 6.07) is 2.07. The molecule has 100 valence electrons. The van der Waals surface area contributed by atoms with E-state index in [-0.39, 0.29) is 0 Å². The third-order valence-electron chi connectivity index (χ3n) is 2.96. The molecule has 0 saturated carbocycles. The van der Waals surface area contributed by atoms with Gasteiger partial charge in [0, 0.05) is 31.1 Å². The molecule has 1 saturated heterocycles. The number of nitrogens with one attached hydrogen (secondary N) is 1.